The van der Waals surface area contributed by atoms with Gasteiger partial charge in [0.05, 0.1) is 38.2 Å². The molecule has 0 fully saturated rings. The lowest BCUT2D eigenvalue weighted by molar-refractivity contribution is 0.299. The minimum atomic E-state index is -0.322. The highest BCUT2D eigenvalue weighted by molar-refractivity contribution is 5.87. The van der Waals surface area contributed by atoms with E-state index in [4.69, 9.17) is 24.7 Å². The van der Waals surface area contributed by atoms with E-state index in [1.54, 1.807) is 24.5 Å². The SMILES string of the molecule is Nc1nc2nc3c1nc(O)n3Cc1ncc(Nc3nc4nc5c3nc(O)n5Cc3ncccc3OC/C=C\CCO4)cc1OC/C=C/CCO2. The number of pyridine rings is 2. The van der Waals surface area contributed by atoms with Crippen LogP contribution in [0.3, 0.4) is 0 Å². The van der Waals surface area contributed by atoms with Crippen LogP contribution in [0.2, 0.25) is 0 Å². The largest absolute Gasteiger partial charge is 0.488 e. The smallest absolute Gasteiger partial charge is 0.320 e. The summed E-state index contributed by atoms with van der Waals surface area (Å²) in [6.07, 6.45) is 12.0. The van der Waals surface area contributed by atoms with Crippen LogP contribution in [0.15, 0.2) is 54.9 Å². The molecule has 6 aromatic rings. The third-order valence-electron chi connectivity index (χ3n) is 7.83. The van der Waals surface area contributed by atoms with Crippen LogP contribution < -0.4 is 30.0 Å². The van der Waals surface area contributed by atoms with Gasteiger partial charge < -0.3 is 40.2 Å². The van der Waals surface area contributed by atoms with Crippen molar-refractivity contribution in [3.63, 3.8) is 0 Å². The summed E-state index contributed by atoms with van der Waals surface area (Å²) in [5.41, 5.74) is 8.78. The van der Waals surface area contributed by atoms with Gasteiger partial charge in [0.2, 0.25) is 0 Å². The molecule has 18 heteroatoms. The highest BCUT2D eigenvalue weighted by atomic mass is 16.5. The maximum absolute atomic E-state index is 11.0. The summed E-state index contributed by atoms with van der Waals surface area (Å²) in [5, 5.41) is 25.0. The first-order chi connectivity index (χ1) is 24.5. The van der Waals surface area contributed by atoms with Crippen molar-refractivity contribution in [1.29, 1.82) is 0 Å². The normalized spacial score (nSPS) is 16.2. The number of aromatic nitrogens is 10. The first-order valence-electron chi connectivity index (χ1n) is 15.7. The average molecular weight is 679 g/mol. The number of anilines is 3. The minimum absolute atomic E-state index is 0.0409. The molecule has 5 N–H and O–H groups in total. The van der Waals surface area contributed by atoms with Crippen molar-refractivity contribution in [2.45, 2.75) is 25.9 Å². The number of hydrogen-bond donors (Lipinski definition) is 4. The summed E-state index contributed by atoms with van der Waals surface area (Å²) >= 11 is 0. The molecule has 0 amide bonds. The van der Waals surface area contributed by atoms with Crippen LogP contribution in [0, 0.1) is 0 Å². The first kappa shape index (κ1) is 30.6. The van der Waals surface area contributed by atoms with E-state index in [-0.39, 0.29) is 72.1 Å². The second kappa shape index (κ2) is 13.1. The number of imidazole rings is 2. The van der Waals surface area contributed by atoms with E-state index in [0.29, 0.717) is 66.9 Å². The van der Waals surface area contributed by atoms with Crippen LogP contribution in [0.4, 0.5) is 17.3 Å². The Bertz CT molecular complexity index is 2280. The van der Waals surface area contributed by atoms with Crippen molar-refractivity contribution in [2.24, 2.45) is 0 Å². The van der Waals surface area contributed by atoms with Gasteiger partial charge in [0, 0.05) is 12.3 Å². The quantitative estimate of drug-likeness (QED) is 0.193. The summed E-state index contributed by atoms with van der Waals surface area (Å²) in [4.78, 5) is 35.5. The van der Waals surface area contributed by atoms with Gasteiger partial charge in [0.25, 0.3) is 12.0 Å². The van der Waals surface area contributed by atoms with Gasteiger partial charge in [-0.1, -0.05) is 24.3 Å². The van der Waals surface area contributed by atoms with E-state index >= 15 is 0 Å². The topological polar surface area (TPSA) is 228 Å². The molecule has 0 saturated heterocycles. The third-order valence-corrected chi connectivity index (χ3v) is 7.83. The Morgan fingerprint density at radius 1 is 0.700 bits per heavy atom. The van der Waals surface area contributed by atoms with Crippen molar-refractivity contribution >= 4 is 39.7 Å². The molecule has 0 atom stereocenters. The molecule has 254 valence electrons. The van der Waals surface area contributed by atoms with Gasteiger partial charge in [-0.25, -0.2) is 0 Å². The maximum Gasteiger partial charge on any atom is 0.320 e. The predicted octanol–water partition coefficient (Wildman–Crippen LogP) is 3.02. The highest BCUT2D eigenvalue weighted by Gasteiger charge is 2.23. The number of hydrogen-bond acceptors (Lipinski definition) is 16. The second-order valence-corrected chi connectivity index (χ2v) is 11.2. The van der Waals surface area contributed by atoms with E-state index in [1.165, 1.54) is 9.13 Å². The van der Waals surface area contributed by atoms with Crippen molar-refractivity contribution in [2.75, 3.05) is 37.5 Å². The number of ether oxygens (including phenoxy) is 4. The van der Waals surface area contributed by atoms with Crippen LogP contribution in [-0.4, -0.2) is 85.6 Å². The molecule has 0 aromatic carbocycles. The summed E-state index contributed by atoms with van der Waals surface area (Å²) in [5.74, 6) is 1.33. The van der Waals surface area contributed by atoms with E-state index in [0.717, 1.165) is 0 Å². The standard InChI is InChI=1S/C32H30N12O6/c33-25-23-27-41-29(39-25)49-12-5-2-4-11-48-22-14-18(15-35-20(22)17-43(27)31(45)37-23)36-26-24-28-42-30(40-26)50-13-6-1-3-10-47-21-8-7-9-34-19(21)16-44(28)32(46)38-24/h1-4,7-9,14-15H,5-6,10-13,16-17H2,(H,37,45)(H,38,46)(H2,33,39,41)(H,36,40,42)/b3-1-,4-2+. The molecule has 0 unspecified atom stereocenters. The molecular weight excluding hydrogens is 648 g/mol. The van der Waals surface area contributed by atoms with Crippen LogP contribution in [0.5, 0.6) is 35.5 Å². The monoisotopic (exact) mass is 678 g/mol. The lowest BCUT2D eigenvalue weighted by Gasteiger charge is -2.15. The Kier molecular flexibility index (Phi) is 7.99. The Morgan fingerprint density at radius 3 is 2.08 bits per heavy atom. The Morgan fingerprint density at radius 2 is 1.34 bits per heavy atom. The van der Waals surface area contributed by atoms with Gasteiger partial charge >= 0.3 is 12.0 Å². The van der Waals surface area contributed by atoms with E-state index in [2.05, 4.69) is 45.2 Å². The fourth-order valence-electron chi connectivity index (χ4n) is 5.45. The number of rotatable bonds is 2. The average Bonchev–Trinajstić information content (AvgIpc) is 3.60. The second-order valence-electron chi connectivity index (χ2n) is 11.2. The van der Waals surface area contributed by atoms with Crippen LogP contribution in [-0.2, 0) is 13.1 Å². The van der Waals surface area contributed by atoms with Gasteiger partial charge in [0.15, 0.2) is 34.0 Å². The first-order valence-corrected chi connectivity index (χ1v) is 15.7. The van der Waals surface area contributed by atoms with Crippen molar-refractivity contribution in [3.8, 4) is 35.5 Å². The van der Waals surface area contributed by atoms with E-state index in [1.807, 2.05) is 30.4 Å². The Balaban J connectivity index is 1.18. The molecule has 4 bridgehead atoms. The van der Waals surface area contributed by atoms with Gasteiger partial charge in [-0.2, -0.15) is 29.9 Å². The molecule has 6 aromatic heterocycles. The molecule has 0 saturated carbocycles. The zero-order valence-corrected chi connectivity index (χ0v) is 26.4. The zero-order valence-electron chi connectivity index (χ0n) is 26.4. The van der Waals surface area contributed by atoms with Crippen molar-refractivity contribution < 1.29 is 29.2 Å². The lowest BCUT2D eigenvalue weighted by atomic mass is 10.2. The van der Waals surface area contributed by atoms with Gasteiger partial charge in [-0.05, 0) is 25.0 Å². The molecule has 0 radical (unpaired) electrons. The molecule has 8 rings (SSSR count). The van der Waals surface area contributed by atoms with Gasteiger partial charge in [0.1, 0.15) is 36.1 Å². The molecule has 0 aliphatic carbocycles. The lowest BCUT2D eigenvalue weighted by Crippen LogP contribution is -2.10. The molecule has 50 heavy (non-hydrogen) atoms. The zero-order chi connectivity index (χ0) is 34.0. The summed E-state index contributed by atoms with van der Waals surface area (Å²) in [7, 11) is 0. The fourth-order valence-corrected chi connectivity index (χ4v) is 5.45. The van der Waals surface area contributed by atoms with Crippen LogP contribution in [0.1, 0.15) is 24.2 Å². The van der Waals surface area contributed by atoms with Crippen molar-refractivity contribution in [3.05, 3.63) is 66.3 Å². The number of nitrogens with two attached hydrogens (primary N) is 1. The number of nitrogens with one attached hydrogen (secondary N) is 1. The highest BCUT2D eigenvalue weighted by Crippen LogP contribution is 2.33. The summed E-state index contributed by atoms with van der Waals surface area (Å²) in [6.45, 7) is 1.37. The van der Waals surface area contributed by atoms with Gasteiger partial charge in [-0.15, -0.1) is 0 Å². The van der Waals surface area contributed by atoms with Crippen molar-refractivity contribution in [1.82, 2.24) is 49.0 Å². The molecule has 2 aliphatic rings. The molecule has 8 heterocycles. The number of nitrogens with zero attached hydrogens (tertiary/aromatic N) is 10. The maximum atomic E-state index is 11.0. The third kappa shape index (κ3) is 6.04. The predicted molar refractivity (Wildman–Crippen MR) is 178 cm³/mol. The molecule has 0 spiro atoms. The Labute approximate surface area is 282 Å². The van der Waals surface area contributed by atoms with Crippen LogP contribution in [0.25, 0.3) is 22.3 Å². The van der Waals surface area contributed by atoms with E-state index < -0.39 is 0 Å². The molecule has 18 nitrogen and oxygen atoms in total. The van der Waals surface area contributed by atoms with E-state index in [9.17, 15) is 10.2 Å². The summed E-state index contributed by atoms with van der Waals surface area (Å²) < 4.78 is 26.6. The molecule has 2 aliphatic heterocycles. The van der Waals surface area contributed by atoms with Gasteiger partial charge in [-0.3, -0.25) is 19.1 Å². The molecular formula is C32H30N12O6. The fraction of sp³-hybridized carbons (Fsp3) is 0.250. The summed E-state index contributed by atoms with van der Waals surface area (Å²) in [6, 6.07) is 4.90. The number of aromatic hydroxyl groups is 2. The number of nitrogen functional groups attached to an aromatic ring is 1. The minimum Gasteiger partial charge on any atom is -0.488 e. The number of fused-ring (bicyclic) bond motifs is 4. The van der Waals surface area contributed by atoms with Crippen LogP contribution >= 0.6 is 0 Å². The Hall–Kier alpha value is -6.72.